The van der Waals surface area contributed by atoms with Gasteiger partial charge in [-0.2, -0.15) is 5.10 Å². The van der Waals surface area contributed by atoms with E-state index < -0.39 is 0 Å². The summed E-state index contributed by atoms with van der Waals surface area (Å²) >= 11 is 0. The van der Waals surface area contributed by atoms with Crippen molar-refractivity contribution in [1.29, 1.82) is 0 Å². The lowest BCUT2D eigenvalue weighted by molar-refractivity contribution is 0.493. The topological polar surface area (TPSA) is 57.7 Å². The molecule has 0 radical (unpaired) electrons. The molecule has 0 amide bonds. The predicted octanol–water partition coefficient (Wildman–Crippen LogP) is 2.88. The largest absolute Gasteiger partial charge is 0.369 e. The Morgan fingerprint density at radius 3 is 2.33 bits per heavy atom. The Labute approximate surface area is 125 Å². The summed E-state index contributed by atoms with van der Waals surface area (Å²) in [6.07, 6.45) is 8.04. The summed E-state index contributed by atoms with van der Waals surface area (Å²) in [6.45, 7) is 8.50. The number of anilines is 1. The van der Waals surface area contributed by atoms with Crippen LogP contribution >= 0.6 is 0 Å². The van der Waals surface area contributed by atoms with Gasteiger partial charge in [-0.15, -0.1) is 0 Å². The third kappa shape index (κ3) is 3.06. The molecule has 1 saturated heterocycles. The first-order chi connectivity index (χ1) is 10.0. The zero-order valence-electron chi connectivity index (χ0n) is 13.0. The van der Waals surface area contributed by atoms with E-state index in [1.54, 1.807) is 0 Å². The maximum Gasteiger partial charge on any atom is 0.133 e. The van der Waals surface area contributed by atoms with Crippen LogP contribution < -0.4 is 4.90 Å². The highest BCUT2D eigenvalue weighted by molar-refractivity contribution is 5.43. The minimum atomic E-state index is 0.00609. The Bertz CT molecular complexity index is 560. The lowest BCUT2D eigenvalue weighted by Crippen LogP contribution is -2.33. The minimum Gasteiger partial charge on any atom is -0.369 e. The van der Waals surface area contributed by atoms with E-state index in [4.69, 9.17) is 0 Å². The first-order valence-electron chi connectivity index (χ1n) is 7.61. The molecule has 2 aromatic rings. The molecule has 2 aromatic heterocycles. The number of aromatic amines is 1. The number of hydrogen-bond acceptors (Lipinski definition) is 4. The van der Waals surface area contributed by atoms with Gasteiger partial charge in [-0.3, -0.25) is 5.10 Å². The van der Waals surface area contributed by atoms with Crippen molar-refractivity contribution >= 4 is 5.69 Å². The van der Waals surface area contributed by atoms with Crippen molar-refractivity contribution in [3.8, 4) is 0 Å². The number of nitrogens with one attached hydrogen (secondary N) is 1. The van der Waals surface area contributed by atoms with Crippen LogP contribution in [0.1, 0.15) is 51.0 Å². The van der Waals surface area contributed by atoms with Crippen LogP contribution in [0.3, 0.4) is 0 Å². The van der Waals surface area contributed by atoms with Crippen LogP contribution in [-0.2, 0) is 5.41 Å². The normalized spacial score (nSPS) is 17.2. The molecule has 1 fully saturated rings. The lowest BCUT2D eigenvalue weighted by Gasteiger charge is -2.33. The molecule has 0 atom stereocenters. The second kappa shape index (κ2) is 5.47. The highest BCUT2D eigenvalue weighted by Gasteiger charge is 2.23. The van der Waals surface area contributed by atoms with E-state index in [9.17, 15) is 0 Å². The van der Waals surface area contributed by atoms with Crippen LogP contribution in [0.25, 0.3) is 0 Å². The van der Waals surface area contributed by atoms with Gasteiger partial charge >= 0.3 is 0 Å². The molecular formula is C16H23N5. The van der Waals surface area contributed by atoms with Crippen molar-refractivity contribution in [2.75, 3.05) is 18.0 Å². The van der Waals surface area contributed by atoms with Gasteiger partial charge in [0.05, 0.1) is 18.1 Å². The van der Waals surface area contributed by atoms with E-state index >= 15 is 0 Å². The van der Waals surface area contributed by atoms with Crippen molar-refractivity contribution in [2.24, 2.45) is 0 Å². The zero-order valence-corrected chi connectivity index (χ0v) is 13.0. The Hall–Kier alpha value is -1.91. The summed E-state index contributed by atoms with van der Waals surface area (Å²) in [5, 5.41) is 7.14. The van der Waals surface area contributed by atoms with E-state index in [1.165, 1.54) is 5.69 Å². The van der Waals surface area contributed by atoms with Gasteiger partial charge < -0.3 is 4.90 Å². The molecule has 112 valence electrons. The zero-order chi connectivity index (χ0) is 14.9. The van der Waals surface area contributed by atoms with Crippen LogP contribution in [0, 0.1) is 0 Å². The SMILES string of the molecule is CC(C)(C)c1ncc(N2CCC(c3ccn[nH]3)CC2)cn1. The molecule has 0 aromatic carbocycles. The molecule has 1 aliphatic heterocycles. The smallest absolute Gasteiger partial charge is 0.133 e. The Morgan fingerprint density at radius 1 is 1.14 bits per heavy atom. The summed E-state index contributed by atoms with van der Waals surface area (Å²) in [6, 6.07) is 2.08. The third-order valence-corrected chi connectivity index (χ3v) is 4.13. The van der Waals surface area contributed by atoms with Gasteiger partial charge in [0.2, 0.25) is 0 Å². The van der Waals surface area contributed by atoms with Crippen molar-refractivity contribution in [3.63, 3.8) is 0 Å². The van der Waals surface area contributed by atoms with Crippen LogP contribution in [-0.4, -0.2) is 33.3 Å². The maximum absolute atomic E-state index is 4.53. The summed E-state index contributed by atoms with van der Waals surface area (Å²) in [5.74, 6) is 1.50. The van der Waals surface area contributed by atoms with E-state index in [0.29, 0.717) is 5.92 Å². The van der Waals surface area contributed by atoms with Gasteiger partial charge in [-0.1, -0.05) is 20.8 Å². The molecule has 0 bridgehead atoms. The van der Waals surface area contributed by atoms with Crippen molar-refractivity contribution in [1.82, 2.24) is 20.2 Å². The molecule has 1 N–H and O–H groups in total. The fourth-order valence-corrected chi connectivity index (χ4v) is 2.81. The van der Waals surface area contributed by atoms with E-state index in [0.717, 1.165) is 37.4 Å². The van der Waals surface area contributed by atoms with E-state index in [1.807, 2.05) is 18.6 Å². The van der Waals surface area contributed by atoms with Gasteiger partial charge in [-0.05, 0) is 18.9 Å². The maximum atomic E-state index is 4.53. The number of aromatic nitrogens is 4. The number of rotatable bonds is 2. The van der Waals surface area contributed by atoms with E-state index in [2.05, 4.69) is 51.9 Å². The van der Waals surface area contributed by atoms with Crippen LogP contribution in [0.15, 0.2) is 24.7 Å². The fraction of sp³-hybridized carbons (Fsp3) is 0.562. The highest BCUT2D eigenvalue weighted by atomic mass is 15.2. The minimum absolute atomic E-state index is 0.00609. The fourth-order valence-electron chi connectivity index (χ4n) is 2.81. The second-order valence-corrected chi connectivity index (χ2v) is 6.79. The molecule has 1 aliphatic rings. The van der Waals surface area contributed by atoms with E-state index in [-0.39, 0.29) is 5.41 Å². The molecule has 3 rings (SSSR count). The van der Waals surface area contributed by atoms with Gasteiger partial charge in [0.25, 0.3) is 0 Å². The molecule has 5 nitrogen and oxygen atoms in total. The van der Waals surface area contributed by atoms with Crippen LogP contribution in [0.5, 0.6) is 0 Å². The standard InChI is InChI=1S/C16H23N5/c1-16(2,3)15-17-10-13(11-18-15)21-8-5-12(6-9-21)14-4-7-19-20-14/h4,7,10-12H,5-6,8-9H2,1-3H3,(H,19,20). The summed E-state index contributed by atoms with van der Waals surface area (Å²) < 4.78 is 0. The second-order valence-electron chi connectivity index (χ2n) is 6.79. The summed E-state index contributed by atoms with van der Waals surface area (Å²) in [5.41, 5.74) is 2.40. The first kappa shape index (κ1) is 14.0. The third-order valence-electron chi connectivity index (χ3n) is 4.13. The van der Waals surface area contributed by atoms with Gasteiger partial charge in [0, 0.05) is 36.3 Å². The highest BCUT2D eigenvalue weighted by Crippen LogP contribution is 2.29. The molecule has 0 spiro atoms. The van der Waals surface area contributed by atoms with Gasteiger partial charge in [-0.25, -0.2) is 9.97 Å². The monoisotopic (exact) mass is 285 g/mol. The van der Waals surface area contributed by atoms with Crippen LogP contribution in [0.2, 0.25) is 0 Å². The molecule has 0 unspecified atom stereocenters. The first-order valence-corrected chi connectivity index (χ1v) is 7.61. The number of H-pyrrole nitrogens is 1. The van der Waals surface area contributed by atoms with Crippen molar-refractivity contribution in [2.45, 2.75) is 44.9 Å². The van der Waals surface area contributed by atoms with Gasteiger partial charge in [0.1, 0.15) is 5.82 Å². The molecular weight excluding hydrogens is 262 g/mol. The quantitative estimate of drug-likeness (QED) is 0.921. The summed E-state index contributed by atoms with van der Waals surface area (Å²) in [7, 11) is 0. The predicted molar refractivity (Wildman–Crippen MR) is 83.5 cm³/mol. The molecule has 0 saturated carbocycles. The van der Waals surface area contributed by atoms with Crippen LogP contribution in [0.4, 0.5) is 5.69 Å². The number of nitrogens with zero attached hydrogens (tertiary/aromatic N) is 4. The van der Waals surface area contributed by atoms with Crippen molar-refractivity contribution < 1.29 is 0 Å². The Balaban J connectivity index is 1.64. The number of piperidine rings is 1. The average molecular weight is 285 g/mol. The number of hydrogen-bond donors (Lipinski definition) is 1. The van der Waals surface area contributed by atoms with Crippen molar-refractivity contribution in [3.05, 3.63) is 36.2 Å². The lowest BCUT2D eigenvalue weighted by atomic mass is 9.93. The molecule has 5 heteroatoms. The average Bonchev–Trinajstić information content (AvgIpc) is 3.01. The van der Waals surface area contributed by atoms with Gasteiger partial charge in [0.15, 0.2) is 0 Å². The molecule has 3 heterocycles. The Morgan fingerprint density at radius 2 is 1.81 bits per heavy atom. The Kier molecular flexibility index (Phi) is 3.66. The molecule has 0 aliphatic carbocycles. The summed E-state index contributed by atoms with van der Waals surface area (Å²) in [4.78, 5) is 11.4. The molecule has 21 heavy (non-hydrogen) atoms.